The maximum absolute atomic E-state index is 13.0. The van der Waals surface area contributed by atoms with Crippen molar-refractivity contribution in [2.75, 3.05) is 20.2 Å². The Morgan fingerprint density at radius 3 is 2.68 bits per heavy atom. The minimum atomic E-state index is -0.158. The molecule has 0 saturated carbocycles. The van der Waals surface area contributed by atoms with Crippen LogP contribution in [0.15, 0.2) is 24.3 Å². The van der Waals surface area contributed by atoms with Crippen LogP contribution >= 0.6 is 0 Å². The molecule has 0 aliphatic carbocycles. The van der Waals surface area contributed by atoms with Crippen molar-refractivity contribution in [3.8, 4) is 5.75 Å². The van der Waals surface area contributed by atoms with Crippen molar-refractivity contribution in [3.63, 3.8) is 0 Å². The van der Waals surface area contributed by atoms with Gasteiger partial charge in [-0.15, -0.1) is 5.10 Å². The summed E-state index contributed by atoms with van der Waals surface area (Å²) in [5.74, 6) is 0.652. The summed E-state index contributed by atoms with van der Waals surface area (Å²) in [5.41, 5.74) is 2.34. The van der Waals surface area contributed by atoms with Crippen LogP contribution in [0.5, 0.6) is 5.75 Å². The van der Waals surface area contributed by atoms with Gasteiger partial charge in [-0.3, -0.25) is 4.79 Å². The highest BCUT2D eigenvalue weighted by atomic mass is 16.5. The zero-order valence-electron chi connectivity index (χ0n) is 17.1. The molecule has 0 spiro atoms. The van der Waals surface area contributed by atoms with Crippen molar-refractivity contribution in [2.45, 2.75) is 58.0 Å². The van der Waals surface area contributed by atoms with Crippen LogP contribution in [0.1, 0.15) is 72.9 Å². The molecule has 2 aromatic rings. The molecule has 0 radical (unpaired) electrons. The van der Waals surface area contributed by atoms with E-state index in [2.05, 4.69) is 27.9 Å². The lowest BCUT2D eigenvalue weighted by molar-refractivity contribution is 0.0928. The average molecular weight is 386 g/mol. The van der Waals surface area contributed by atoms with E-state index in [-0.39, 0.29) is 11.9 Å². The first-order chi connectivity index (χ1) is 13.6. The molecule has 1 saturated heterocycles. The zero-order chi connectivity index (χ0) is 19.9. The second-order valence-corrected chi connectivity index (χ2v) is 7.39. The molecule has 2 heterocycles. The third kappa shape index (κ3) is 4.70. The normalized spacial score (nSPS) is 16.0. The fourth-order valence-corrected chi connectivity index (χ4v) is 3.74. The average Bonchev–Trinajstić information content (AvgIpc) is 3.13. The summed E-state index contributed by atoms with van der Waals surface area (Å²) in [5, 5.41) is 15.0. The minimum absolute atomic E-state index is 0.0539. The summed E-state index contributed by atoms with van der Waals surface area (Å²) in [6.07, 6.45) is 5.02. The van der Waals surface area contributed by atoms with Gasteiger partial charge in [0.05, 0.1) is 24.9 Å². The Balaban J connectivity index is 1.74. The first-order valence-electron chi connectivity index (χ1n) is 10.2. The lowest BCUT2D eigenvalue weighted by Crippen LogP contribution is -2.31. The monoisotopic (exact) mass is 385 g/mol. The molecule has 1 aliphatic rings. The SMILES string of the molecule is CCCCC(NC(=O)c1nnn(C2CCNCC2)c1C)c1ccc(OC)cc1. The number of carbonyl (C=O) groups is 1. The summed E-state index contributed by atoms with van der Waals surface area (Å²) >= 11 is 0. The molecule has 7 heteroatoms. The molecule has 1 aromatic carbocycles. The van der Waals surface area contributed by atoms with Gasteiger partial charge in [-0.25, -0.2) is 4.68 Å². The van der Waals surface area contributed by atoms with Crippen molar-refractivity contribution in [1.82, 2.24) is 25.6 Å². The molecule has 1 unspecified atom stereocenters. The first-order valence-corrected chi connectivity index (χ1v) is 10.2. The van der Waals surface area contributed by atoms with E-state index < -0.39 is 0 Å². The predicted octanol–water partition coefficient (Wildman–Crippen LogP) is 3.18. The van der Waals surface area contributed by atoms with Gasteiger partial charge in [-0.1, -0.05) is 37.1 Å². The van der Waals surface area contributed by atoms with Gasteiger partial charge >= 0.3 is 0 Å². The van der Waals surface area contributed by atoms with E-state index >= 15 is 0 Å². The lowest BCUT2D eigenvalue weighted by Gasteiger charge is -2.23. The fourth-order valence-electron chi connectivity index (χ4n) is 3.74. The number of ether oxygens (including phenoxy) is 1. The van der Waals surface area contributed by atoms with Gasteiger partial charge in [0.25, 0.3) is 5.91 Å². The number of nitrogens with zero attached hydrogens (tertiary/aromatic N) is 3. The predicted molar refractivity (Wildman–Crippen MR) is 109 cm³/mol. The zero-order valence-corrected chi connectivity index (χ0v) is 17.1. The van der Waals surface area contributed by atoms with Crippen molar-refractivity contribution < 1.29 is 9.53 Å². The number of rotatable bonds is 8. The van der Waals surface area contributed by atoms with Gasteiger partial charge in [0.15, 0.2) is 5.69 Å². The Bertz CT molecular complexity index is 766. The standard InChI is InChI=1S/C21H31N5O2/c1-4-5-6-19(16-7-9-18(28-3)10-8-16)23-21(27)20-15(2)26(25-24-20)17-11-13-22-14-12-17/h7-10,17,19,22H,4-6,11-14H2,1-3H3,(H,23,27). The van der Waals surface area contributed by atoms with Crippen LogP contribution in [-0.4, -0.2) is 41.1 Å². The molecule has 1 aromatic heterocycles. The quantitative estimate of drug-likeness (QED) is 0.729. The van der Waals surface area contributed by atoms with Crippen LogP contribution in [-0.2, 0) is 0 Å². The Morgan fingerprint density at radius 2 is 2.04 bits per heavy atom. The van der Waals surface area contributed by atoms with Gasteiger partial charge in [0.2, 0.25) is 0 Å². The van der Waals surface area contributed by atoms with Crippen molar-refractivity contribution in [1.29, 1.82) is 0 Å². The van der Waals surface area contributed by atoms with E-state index in [1.807, 2.05) is 35.9 Å². The fraction of sp³-hybridized carbons (Fsp3) is 0.571. The van der Waals surface area contributed by atoms with Crippen LogP contribution in [0, 0.1) is 6.92 Å². The van der Waals surface area contributed by atoms with Crippen LogP contribution in [0.25, 0.3) is 0 Å². The van der Waals surface area contributed by atoms with Gasteiger partial charge in [-0.2, -0.15) is 0 Å². The number of hydrogen-bond donors (Lipinski definition) is 2. The van der Waals surface area contributed by atoms with Crippen LogP contribution < -0.4 is 15.4 Å². The van der Waals surface area contributed by atoms with Crippen LogP contribution in [0.4, 0.5) is 0 Å². The maximum atomic E-state index is 13.0. The van der Waals surface area contributed by atoms with Gasteiger partial charge < -0.3 is 15.4 Å². The van der Waals surface area contributed by atoms with Crippen LogP contribution in [0.2, 0.25) is 0 Å². The molecule has 28 heavy (non-hydrogen) atoms. The first kappa shape index (κ1) is 20.3. The molecule has 7 nitrogen and oxygen atoms in total. The topological polar surface area (TPSA) is 81.1 Å². The van der Waals surface area contributed by atoms with E-state index in [4.69, 9.17) is 4.74 Å². The number of hydrogen-bond acceptors (Lipinski definition) is 5. The van der Waals surface area contributed by atoms with Gasteiger partial charge in [0, 0.05) is 0 Å². The number of nitrogens with one attached hydrogen (secondary N) is 2. The Kier molecular flexibility index (Phi) is 7.03. The molecule has 1 amide bonds. The number of carbonyl (C=O) groups excluding carboxylic acids is 1. The largest absolute Gasteiger partial charge is 0.497 e. The van der Waals surface area contributed by atoms with Crippen molar-refractivity contribution in [2.24, 2.45) is 0 Å². The maximum Gasteiger partial charge on any atom is 0.274 e. The van der Waals surface area contributed by atoms with E-state index in [9.17, 15) is 4.79 Å². The molecule has 2 N–H and O–H groups in total. The van der Waals surface area contributed by atoms with E-state index in [1.165, 1.54) is 0 Å². The summed E-state index contributed by atoms with van der Waals surface area (Å²) in [4.78, 5) is 13.0. The van der Waals surface area contributed by atoms with Gasteiger partial charge in [-0.05, 0) is 57.0 Å². The number of piperidine rings is 1. The number of unbranched alkanes of at least 4 members (excludes halogenated alkanes) is 1. The van der Waals surface area contributed by atoms with Crippen molar-refractivity contribution >= 4 is 5.91 Å². The Morgan fingerprint density at radius 1 is 1.32 bits per heavy atom. The molecule has 1 atom stereocenters. The van der Waals surface area contributed by atoms with Crippen LogP contribution in [0.3, 0.4) is 0 Å². The van der Waals surface area contributed by atoms with E-state index in [0.717, 1.165) is 62.2 Å². The summed E-state index contributed by atoms with van der Waals surface area (Å²) in [6, 6.07) is 8.14. The Hall–Kier alpha value is -2.41. The number of amides is 1. The number of benzene rings is 1. The highest BCUT2D eigenvalue weighted by Gasteiger charge is 2.24. The summed E-state index contributed by atoms with van der Waals surface area (Å²) in [7, 11) is 1.65. The second kappa shape index (κ2) is 9.68. The number of methoxy groups -OCH3 is 1. The smallest absolute Gasteiger partial charge is 0.274 e. The highest BCUT2D eigenvalue weighted by Crippen LogP contribution is 2.24. The molecular weight excluding hydrogens is 354 g/mol. The third-order valence-corrected chi connectivity index (χ3v) is 5.47. The van der Waals surface area contributed by atoms with Gasteiger partial charge in [0.1, 0.15) is 5.75 Å². The van der Waals surface area contributed by atoms with Crippen molar-refractivity contribution in [3.05, 3.63) is 41.2 Å². The Labute approximate surface area is 166 Å². The van der Waals surface area contributed by atoms with E-state index in [1.54, 1.807) is 7.11 Å². The molecule has 1 aliphatic heterocycles. The molecule has 3 rings (SSSR count). The molecule has 1 fully saturated rings. The van der Waals surface area contributed by atoms with E-state index in [0.29, 0.717) is 11.7 Å². The third-order valence-electron chi connectivity index (χ3n) is 5.47. The number of aromatic nitrogens is 3. The molecule has 0 bridgehead atoms. The summed E-state index contributed by atoms with van der Waals surface area (Å²) < 4.78 is 7.16. The second-order valence-electron chi connectivity index (χ2n) is 7.39. The molecular formula is C21H31N5O2. The lowest BCUT2D eigenvalue weighted by atomic mass is 10.0. The summed E-state index contributed by atoms with van der Waals surface area (Å²) in [6.45, 7) is 6.04. The minimum Gasteiger partial charge on any atom is -0.497 e. The molecule has 152 valence electrons. The highest BCUT2D eigenvalue weighted by molar-refractivity contribution is 5.93.